The summed E-state index contributed by atoms with van der Waals surface area (Å²) in [7, 11) is -3.69. The molecular weight excluding hydrogens is 436 g/mol. The van der Waals surface area contributed by atoms with Crippen LogP contribution in [-0.2, 0) is 27.9 Å². The summed E-state index contributed by atoms with van der Waals surface area (Å²) in [5, 5.41) is 3.23. The van der Waals surface area contributed by atoms with Crippen molar-refractivity contribution < 1.29 is 13.2 Å². The Morgan fingerprint density at radius 3 is 2.33 bits per heavy atom. The van der Waals surface area contributed by atoms with Crippen LogP contribution in [0.1, 0.15) is 30.9 Å². The van der Waals surface area contributed by atoms with Crippen LogP contribution < -0.4 is 9.62 Å². The van der Waals surface area contributed by atoms with Crippen LogP contribution in [0.2, 0.25) is 0 Å². The number of sulfonamides is 1. The second-order valence-electron chi connectivity index (χ2n) is 7.97. The van der Waals surface area contributed by atoms with Crippen molar-refractivity contribution in [3.63, 3.8) is 0 Å². The Bertz CT molecular complexity index is 1180. The van der Waals surface area contributed by atoms with Gasteiger partial charge in [-0.05, 0) is 48.7 Å². The summed E-state index contributed by atoms with van der Waals surface area (Å²) >= 11 is 0. The van der Waals surface area contributed by atoms with Crippen molar-refractivity contribution in [3.05, 3.63) is 84.1 Å². The molecule has 1 aliphatic rings. The van der Waals surface area contributed by atoms with Gasteiger partial charge in [-0.1, -0.05) is 42.5 Å². The molecule has 1 amide bonds. The lowest BCUT2D eigenvalue weighted by Crippen LogP contribution is -2.30. The van der Waals surface area contributed by atoms with Crippen LogP contribution in [-0.4, -0.2) is 37.3 Å². The van der Waals surface area contributed by atoms with E-state index in [4.69, 9.17) is 0 Å². The maximum absolute atomic E-state index is 13.1. The number of likely N-dealkylation sites (tertiary alicyclic amines) is 1. The van der Waals surface area contributed by atoms with E-state index in [1.165, 1.54) is 10.5 Å². The SMILES string of the molecule is CCN(c1ccccc1)S(=O)(=O)c1ccc(NCc2ccc(CN3CCCC3=O)cc2)nc1. The molecule has 0 unspecified atom stereocenters. The molecule has 0 bridgehead atoms. The van der Waals surface area contributed by atoms with Gasteiger partial charge in [0.2, 0.25) is 5.91 Å². The Balaban J connectivity index is 1.37. The Hall–Kier alpha value is -3.39. The first-order valence-corrected chi connectivity index (χ1v) is 12.5. The second kappa shape index (κ2) is 10.0. The van der Waals surface area contributed by atoms with Gasteiger partial charge < -0.3 is 10.2 Å². The lowest BCUT2D eigenvalue weighted by molar-refractivity contribution is -0.128. The second-order valence-corrected chi connectivity index (χ2v) is 9.84. The molecule has 172 valence electrons. The summed E-state index contributed by atoms with van der Waals surface area (Å²) in [5.41, 5.74) is 2.81. The summed E-state index contributed by atoms with van der Waals surface area (Å²) in [6, 6.07) is 20.4. The van der Waals surface area contributed by atoms with Crippen molar-refractivity contribution in [1.82, 2.24) is 9.88 Å². The summed E-state index contributed by atoms with van der Waals surface area (Å²) < 4.78 is 27.5. The molecule has 3 aromatic rings. The zero-order valence-corrected chi connectivity index (χ0v) is 19.5. The molecule has 33 heavy (non-hydrogen) atoms. The zero-order valence-electron chi connectivity index (χ0n) is 18.6. The van der Waals surface area contributed by atoms with Crippen LogP contribution in [0.15, 0.2) is 77.8 Å². The number of hydrogen-bond acceptors (Lipinski definition) is 5. The van der Waals surface area contributed by atoms with Crippen molar-refractivity contribution in [2.75, 3.05) is 22.7 Å². The highest BCUT2D eigenvalue weighted by Gasteiger charge is 2.24. The van der Waals surface area contributed by atoms with Crippen LogP contribution in [0.25, 0.3) is 0 Å². The predicted octanol–water partition coefficient (Wildman–Crippen LogP) is 4.03. The molecule has 0 aliphatic carbocycles. The van der Waals surface area contributed by atoms with Gasteiger partial charge in [0, 0.05) is 38.8 Å². The molecule has 1 N–H and O–H groups in total. The summed E-state index contributed by atoms with van der Waals surface area (Å²) in [6.45, 7) is 4.19. The topological polar surface area (TPSA) is 82.6 Å². The molecule has 2 aromatic carbocycles. The first kappa shape index (κ1) is 22.8. The Kier molecular flexibility index (Phi) is 6.93. The highest BCUT2D eigenvalue weighted by Crippen LogP contribution is 2.23. The number of carbonyl (C=O) groups is 1. The number of rotatable bonds is 9. The fourth-order valence-electron chi connectivity index (χ4n) is 3.90. The Morgan fingerprint density at radius 2 is 1.73 bits per heavy atom. The normalized spacial score (nSPS) is 13.8. The molecular formula is C25H28N4O3S. The third-order valence-corrected chi connectivity index (χ3v) is 7.58. The minimum absolute atomic E-state index is 0.152. The number of anilines is 2. The number of aromatic nitrogens is 1. The molecule has 0 atom stereocenters. The molecule has 8 heteroatoms. The highest BCUT2D eigenvalue weighted by atomic mass is 32.2. The Morgan fingerprint density at radius 1 is 1.00 bits per heavy atom. The molecule has 4 rings (SSSR count). The molecule has 0 radical (unpaired) electrons. The van der Waals surface area contributed by atoms with Gasteiger partial charge in [0.1, 0.15) is 10.7 Å². The van der Waals surface area contributed by atoms with Gasteiger partial charge in [-0.25, -0.2) is 13.4 Å². The third-order valence-electron chi connectivity index (χ3n) is 5.70. The number of amides is 1. The molecule has 1 saturated heterocycles. The lowest BCUT2D eigenvalue weighted by atomic mass is 10.1. The molecule has 0 saturated carbocycles. The lowest BCUT2D eigenvalue weighted by Gasteiger charge is -2.22. The Labute approximate surface area is 195 Å². The van der Waals surface area contributed by atoms with Gasteiger partial charge in [0.25, 0.3) is 10.0 Å². The molecule has 0 spiro atoms. The van der Waals surface area contributed by atoms with Gasteiger partial charge in [0.15, 0.2) is 0 Å². The molecule has 2 heterocycles. The number of nitrogens with one attached hydrogen (secondary N) is 1. The number of pyridine rings is 1. The minimum atomic E-state index is -3.69. The number of nitrogens with zero attached hydrogens (tertiary/aromatic N) is 3. The van der Waals surface area contributed by atoms with Gasteiger partial charge in [-0.3, -0.25) is 9.10 Å². The maximum atomic E-state index is 13.1. The van der Waals surface area contributed by atoms with E-state index in [0.717, 1.165) is 24.1 Å². The molecule has 1 fully saturated rings. The van der Waals surface area contributed by atoms with E-state index < -0.39 is 10.0 Å². The van der Waals surface area contributed by atoms with Crippen LogP contribution in [0.5, 0.6) is 0 Å². The van der Waals surface area contributed by atoms with Gasteiger partial charge in [-0.2, -0.15) is 0 Å². The number of carbonyl (C=O) groups excluding carboxylic acids is 1. The fraction of sp³-hybridized carbons (Fsp3) is 0.280. The van der Waals surface area contributed by atoms with Crippen LogP contribution >= 0.6 is 0 Å². The average Bonchev–Trinajstić information content (AvgIpc) is 3.24. The van der Waals surface area contributed by atoms with E-state index in [1.807, 2.05) is 54.3 Å². The standard InChI is InChI=1S/C25H28N4O3S/c1-2-29(22-7-4-3-5-8-22)33(31,32)23-14-15-24(27-18-23)26-17-20-10-12-21(13-11-20)19-28-16-6-9-25(28)30/h3-5,7-8,10-15,18H,2,6,9,16-17,19H2,1H3,(H,26,27). The highest BCUT2D eigenvalue weighted by molar-refractivity contribution is 7.92. The van der Waals surface area contributed by atoms with Crippen molar-refractivity contribution in [2.45, 2.75) is 37.8 Å². The van der Waals surface area contributed by atoms with Gasteiger partial charge >= 0.3 is 0 Å². The quantitative estimate of drug-likeness (QED) is 0.517. The first-order valence-electron chi connectivity index (χ1n) is 11.1. The van der Waals surface area contributed by atoms with E-state index in [1.54, 1.807) is 24.3 Å². The minimum Gasteiger partial charge on any atom is -0.366 e. The van der Waals surface area contributed by atoms with E-state index in [2.05, 4.69) is 10.3 Å². The monoisotopic (exact) mass is 464 g/mol. The molecule has 1 aliphatic heterocycles. The van der Waals surface area contributed by atoms with E-state index in [9.17, 15) is 13.2 Å². The number of hydrogen-bond donors (Lipinski definition) is 1. The van der Waals surface area contributed by atoms with Crippen molar-refractivity contribution >= 4 is 27.4 Å². The average molecular weight is 465 g/mol. The summed E-state index contributed by atoms with van der Waals surface area (Å²) in [5.74, 6) is 0.826. The fourth-order valence-corrected chi connectivity index (χ4v) is 5.32. The first-order chi connectivity index (χ1) is 16.0. The van der Waals surface area contributed by atoms with Crippen LogP contribution in [0.4, 0.5) is 11.5 Å². The van der Waals surface area contributed by atoms with Crippen LogP contribution in [0, 0.1) is 0 Å². The van der Waals surface area contributed by atoms with Gasteiger partial charge in [0.05, 0.1) is 5.69 Å². The number of benzene rings is 2. The van der Waals surface area contributed by atoms with E-state index in [0.29, 0.717) is 37.6 Å². The molecule has 7 nitrogen and oxygen atoms in total. The van der Waals surface area contributed by atoms with Crippen molar-refractivity contribution in [2.24, 2.45) is 0 Å². The number of para-hydroxylation sites is 1. The van der Waals surface area contributed by atoms with E-state index in [-0.39, 0.29) is 10.8 Å². The zero-order chi connectivity index (χ0) is 23.3. The van der Waals surface area contributed by atoms with Crippen molar-refractivity contribution in [1.29, 1.82) is 0 Å². The molecule has 1 aromatic heterocycles. The van der Waals surface area contributed by atoms with E-state index >= 15 is 0 Å². The van der Waals surface area contributed by atoms with Crippen molar-refractivity contribution in [3.8, 4) is 0 Å². The largest absolute Gasteiger partial charge is 0.366 e. The van der Waals surface area contributed by atoms with Gasteiger partial charge in [-0.15, -0.1) is 0 Å². The summed E-state index contributed by atoms with van der Waals surface area (Å²) in [4.78, 5) is 18.1. The van der Waals surface area contributed by atoms with Crippen LogP contribution in [0.3, 0.4) is 0 Å². The smallest absolute Gasteiger partial charge is 0.265 e. The maximum Gasteiger partial charge on any atom is 0.265 e. The predicted molar refractivity (Wildman–Crippen MR) is 129 cm³/mol. The summed E-state index contributed by atoms with van der Waals surface area (Å²) in [6.07, 6.45) is 2.98. The third kappa shape index (κ3) is 5.34.